The summed E-state index contributed by atoms with van der Waals surface area (Å²) in [5.74, 6) is 0.481. The minimum absolute atomic E-state index is 0.0667. The Morgan fingerprint density at radius 3 is 2.38 bits per heavy atom. The summed E-state index contributed by atoms with van der Waals surface area (Å²) in [7, 11) is -3.60. The van der Waals surface area contributed by atoms with E-state index in [0.717, 1.165) is 17.9 Å². The second kappa shape index (κ2) is 12.4. The Bertz CT molecular complexity index is 1290. The van der Waals surface area contributed by atoms with Gasteiger partial charge in [-0.2, -0.15) is 13.2 Å². The third kappa shape index (κ3) is 8.43. The van der Waals surface area contributed by atoms with E-state index in [4.69, 9.17) is 4.74 Å². The average Bonchev–Trinajstić information content (AvgIpc) is 2.86. The van der Waals surface area contributed by atoms with E-state index in [2.05, 4.69) is 11.8 Å². The molecule has 0 aliphatic carbocycles. The monoisotopic (exact) mass is 533 g/mol. The summed E-state index contributed by atoms with van der Waals surface area (Å²) in [6.45, 7) is 3.87. The molecule has 0 amide bonds. The van der Waals surface area contributed by atoms with Crippen molar-refractivity contribution in [3.63, 3.8) is 0 Å². The highest BCUT2D eigenvalue weighted by molar-refractivity contribution is 7.90. The van der Waals surface area contributed by atoms with E-state index >= 15 is 0 Å². The summed E-state index contributed by atoms with van der Waals surface area (Å²) in [4.78, 5) is 13.2. The number of benzene rings is 3. The van der Waals surface area contributed by atoms with Crippen LogP contribution in [0.2, 0.25) is 0 Å². The van der Waals surface area contributed by atoms with Crippen molar-refractivity contribution in [1.82, 2.24) is 4.90 Å². The number of rotatable bonds is 12. The van der Waals surface area contributed by atoms with Crippen LogP contribution in [0.25, 0.3) is 0 Å². The first-order valence-corrected chi connectivity index (χ1v) is 13.7. The highest BCUT2D eigenvalue weighted by Gasteiger charge is 2.30. The highest BCUT2D eigenvalue weighted by atomic mass is 32.2. The molecule has 0 radical (unpaired) electrons. The number of nitrogens with zero attached hydrogens (tertiary/aromatic N) is 1. The largest absolute Gasteiger partial charge is 0.494 e. The van der Waals surface area contributed by atoms with Gasteiger partial charge in [0.2, 0.25) is 0 Å². The Hall–Kier alpha value is -3.17. The minimum atomic E-state index is -4.41. The van der Waals surface area contributed by atoms with E-state index in [1.165, 1.54) is 30.3 Å². The second-order valence-corrected chi connectivity index (χ2v) is 11.0. The topological polar surface area (TPSA) is 63.7 Å². The van der Waals surface area contributed by atoms with Gasteiger partial charge in [-0.25, -0.2) is 8.42 Å². The second-order valence-electron chi connectivity index (χ2n) is 9.04. The number of hydrogen-bond donors (Lipinski definition) is 0. The highest BCUT2D eigenvalue weighted by Crippen LogP contribution is 2.30. The molecule has 0 N–H and O–H groups in total. The smallest absolute Gasteiger partial charge is 0.416 e. The zero-order valence-electron chi connectivity index (χ0n) is 20.7. The molecule has 198 valence electrons. The summed E-state index contributed by atoms with van der Waals surface area (Å²) in [6.07, 6.45) is -2.33. The third-order valence-corrected chi connectivity index (χ3v) is 7.11. The van der Waals surface area contributed by atoms with Crippen LogP contribution < -0.4 is 4.74 Å². The van der Waals surface area contributed by atoms with Crippen molar-refractivity contribution in [2.45, 2.75) is 36.9 Å². The van der Waals surface area contributed by atoms with Gasteiger partial charge in [0.15, 0.2) is 16.1 Å². The zero-order valence-corrected chi connectivity index (χ0v) is 21.6. The van der Waals surface area contributed by atoms with Gasteiger partial charge in [0.25, 0.3) is 0 Å². The van der Waals surface area contributed by atoms with Gasteiger partial charge in [-0.05, 0) is 47.7 Å². The summed E-state index contributed by atoms with van der Waals surface area (Å²) < 4.78 is 69.3. The summed E-state index contributed by atoms with van der Waals surface area (Å²) in [6, 6.07) is 19.5. The van der Waals surface area contributed by atoms with E-state index in [9.17, 15) is 26.4 Å². The van der Waals surface area contributed by atoms with Crippen LogP contribution in [0.4, 0.5) is 13.2 Å². The molecule has 37 heavy (non-hydrogen) atoms. The summed E-state index contributed by atoms with van der Waals surface area (Å²) >= 11 is 0. The molecule has 0 spiro atoms. The van der Waals surface area contributed by atoms with Crippen molar-refractivity contribution in [3.05, 3.63) is 95.1 Å². The van der Waals surface area contributed by atoms with Crippen LogP contribution in [-0.2, 0) is 22.6 Å². The molecule has 0 saturated heterocycles. The molecule has 1 unspecified atom stereocenters. The zero-order chi connectivity index (χ0) is 27.1. The lowest BCUT2D eigenvalue weighted by Crippen LogP contribution is -2.29. The quantitative estimate of drug-likeness (QED) is 0.211. The van der Waals surface area contributed by atoms with Gasteiger partial charge in [-0.3, -0.25) is 9.69 Å². The predicted octanol–water partition coefficient (Wildman–Crippen LogP) is 6.00. The van der Waals surface area contributed by atoms with Crippen LogP contribution in [-0.4, -0.2) is 45.6 Å². The molecule has 0 saturated carbocycles. The van der Waals surface area contributed by atoms with Crippen LogP contribution in [0, 0.1) is 0 Å². The molecule has 5 nitrogen and oxygen atoms in total. The first-order valence-electron chi connectivity index (χ1n) is 11.8. The maximum Gasteiger partial charge on any atom is 0.416 e. The van der Waals surface area contributed by atoms with Gasteiger partial charge < -0.3 is 4.74 Å². The molecule has 0 aromatic heterocycles. The predicted molar refractivity (Wildman–Crippen MR) is 137 cm³/mol. The molecule has 0 bridgehead atoms. The Kier molecular flexibility index (Phi) is 9.50. The molecular weight excluding hydrogens is 503 g/mol. The van der Waals surface area contributed by atoms with Crippen LogP contribution in [0.1, 0.15) is 46.3 Å². The molecule has 0 aliphatic heterocycles. The fourth-order valence-corrected chi connectivity index (χ4v) is 4.99. The lowest BCUT2D eigenvalue weighted by atomic mass is 10.00. The molecular formula is C28H30F3NO4S. The van der Waals surface area contributed by atoms with Crippen molar-refractivity contribution >= 4 is 16.1 Å². The number of hydrogen-bond acceptors (Lipinski definition) is 5. The Morgan fingerprint density at radius 1 is 1.00 bits per heavy atom. The normalized spacial score (nSPS) is 12.9. The van der Waals surface area contributed by atoms with E-state index in [1.54, 1.807) is 6.07 Å². The van der Waals surface area contributed by atoms with Crippen molar-refractivity contribution < 1.29 is 31.1 Å². The SMILES string of the molecule is CC(CN(CCCOc1ccc(C=O)c(S(C)(=O)=O)c1)Cc1cccc(C(F)(F)F)c1)c1ccccc1. The molecule has 0 aliphatic rings. The maximum atomic E-state index is 13.2. The van der Waals surface area contributed by atoms with E-state index in [0.29, 0.717) is 43.7 Å². The Balaban J connectivity index is 1.69. The van der Waals surface area contributed by atoms with Gasteiger partial charge >= 0.3 is 6.18 Å². The number of halogens is 3. The van der Waals surface area contributed by atoms with E-state index in [-0.39, 0.29) is 23.0 Å². The van der Waals surface area contributed by atoms with Gasteiger partial charge in [-0.1, -0.05) is 55.5 Å². The number of alkyl halides is 3. The van der Waals surface area contributed by atoms with Gasteiger partial charge in [0.1, 0.15) is 5.75 Å². The molecule has 1 atom stereocenters. The number of sulfone groups is 1. The fourth-order valence-electron chi connectivity index (χ4n) is 4.11. The molecule has 9 heteroatoms. The fraction of sp³-hybridized carbons (Fsp3) is 0.321. The first kappa shape index (κ1) is 28.4. The minimum Gasteiger partial charge on any atom is -0.494 e. The standard InChI is InChI=1S/C28H30F3NO4S/c1-21(23-9-4-3-5-10-23)18-32(19-22-8-6-11-25(16-22)28(29,30)31)14-7-15-36-26-13-12-24(20-33)27(17-26)37(2,34)35/h3-6,8-13,16-17,20-21H,7,14-15,18-19H2,1-2H3. The number of carbonyl (C=O) groups is 1. The molecule has 0 heterocycles. The number of carbonyl (C=O) groups excluding carboxylic acids is 1. The third-order valence-electron chi connectivity index (χ3n) is 5.96. The van der Waals surface area contributed by atoms with Crippen LogP contribution in [0.15, 0.2) is 77.7 Å². The number of aldehydes is 1. The summed E-state index contributed by atoms with van der Waals surface area (Å²) in [5, 5.41) is 0. The molecule has 3 aromatic rings. The van der Waals surface area contributed by atoms with E-state index < -0.39 is 21.6 Å². The van der Waals surface area contributed by atoms with Crippen molar-refractivity contribution in [3.8, 4) is 5.75 Å². The van der Waals surface area contributed by atoms with Crippen LogP contribution >= 0.6 is 0 Å². The number of ether oxygens (including phenoxy) is 1. The van der Waals surface area contributed by atoms with Gasteiger partial charge in [0, 0.05) is 31.5 Å². The average molecular weight is 534 g/mol. The van der Waals surface area contributed by atoms with Crippen LogP contribution in [0.5, 0.6) is 5.75 Å². The lowest BCUT2D eigenvalue weighted by Gasteiger charge is -2.26. The lowest BCUT2D eigenvalue weighted by molar-refractivity contribution is -0.137. The molecule has 0 fully saturated rings. The first-order chi connectivity index (χ1) is 17.5. The Morgan fingerprint density at radius 2 is 1.73 bits per heavy atom. The Labute approximate surface area is 215 Å². The summed E-state index contributed by atoms with van der Waals surface area (Å²) in [5.41, 5.74) is 1.09. The van der Waals surface area contributed by atoms with Crippen molar-refractivity contribution in [1.29, 1.82) is 0 Å². The molecule has 3 rings (SSSR count). The van der Waals surface area contributed by atoms with Gasteiger partial charge in [0.05, 0.1) is 17.1 Å². The van der Waals surface area contributed by atoms with Crippen LogP contribution in [0.3, 0.4) is 0 Å². The van der Waals surface area contributed by atoms with Crippen molar-refractivity contribution in [2.75, 3.05) is 26.0 Å². The van der Waals surface area contributed by atoms with E-state index in [1.807, 2.05) is 30.3 Å². The molecule has 3 aromatic carbocycles. The van der Waals surface area contributed by atoms with Gasteiger partial charge in [-0.15, -0.1) is 0 Å². The maximum absolute atomic E-state index is 13.2. The van der Waals surface area contributed by atoms with Crippen molar-refractivity contribution in [2.24, 2.45) is 0 Å².